The van der Waals surface area contributed by atoms with Gasteiger partial charge in [0.1, 0.15) is 5.75 Å². The van der Waals surface area contributed by atoms with Gasteiger partial charge in [-0.05, 0) is 38.3 Å². The van der Waals surface area contributed by atoms with Crippen molar-refractivity contribution in [3.8, 4) is 5.75 Å². The molecule has 0 heterocycles. The molecule has 1 fully saturated rings. The molecule has 1 aromatic carbocycles. The number of amides is 1. The van der Waals surface area contributed by atoms with Crippen LogP contribution < -0.4 is 4.74 Å². The second-order valence-corrected chi connectivity index (χ2v) is 5.08. The molecular formula is C15H20ClNO2. The number of ether oxygens (including phenoxy) is 1. The highest BCUT2D eigenvalue weighted by Crippen LogP contribution is 2.28. The third-order valence-corrected chi connectivity index (χ3v) is 3.69. The second kappa shape index (κ2) is 6.80. The lowest BCUT2D eigenvalue weighted by molar-refractivity contribution is 0.0594. The summed E-state index contributed by atoms with van der Waals surface area (Å²) >= 11 is 5.83. The number of carbonyl (C=O) groups is 1. The monoisotopic (exact) mass is 281 g/mol. The van der Waals surface area contributed by atoms with E-state index >= 15 is 0 Å². The molecule has 1 saturated carbocycles. The van der Waals surface area contributed by atoms with Gasteiger partial charge in [-0.1, -0.05) is 12.1 Å². The molecule has 19 heavy (non-hydrogen) atoms. The fraction of sp³-hybridized carbons (Fsp3) is 0.533. The zero-order chi connectivity index (χ0) is 13.7. The molecule has 0 spiro atoms. The van der Waals surface area contributed by atoms with Crippen molar-refractivity contribution in [3.05, 3.63) is 29.8 Å². The van der Waals surface area contributed by atoms with Crippen LogP contribution in [0.3, 0.4) is 0 Å². The Bertz CT molecular complexity index is 432. The van der Waals surface area contributed by atoms with E-state index < -0.39 is 0 Å². The first kappa shape index (κ1) is 14.2. The van der Waals surface area contributed by atoms with Crippen molar-refractivity contribution in [2.45, 2.75) is 32.2 Å². The van der Waals surface area contributed by atoms with Gasteiger partial charge < -0.3 is 9.64 Å². The lowest BCUT2D eigenvalue weighted by Crippen LogP contribution is -2.45. The van der Waals surface area contributed by atoms with Gasteiger partial charge in [0.15, 0.2) is 0 Å². The van der Waals surface area contributed by atoms with E-state index in [1.54, 1.807) is 0 Å². The Labute approximate surface area is 119 Å². The summed E-state index contributed by atoms with van der Waals surface area (Å²) in [4.78, 5) is 14.5. The van der Waals surface area contributed by atoms with Crippen molar-refractivity contribution < 1.29 is 9.53 Å². The number of hydrogen-bond acceptors (Lipinski definition) is 2. The topological polar surface area (TPSA) is 29.5 Å². The van der Waals surface area contributed by atoms with Crippen LogP contribution >= 0.6 is 11.6 Å². The molecule has 0 aliphatic heterocycles. The molecule has 0 unspecified atom stereocenters. The van der Waals surface area contributed by atoms with Gasteiger partial charge in [0.2, 0.25) is 0 Å². The minimum absolute atomic E-state index is 0.0365. The highest BCUT2D eigenvalue weighted by atomic mass is 35.5. The van der Waals surface area contributed by atoms with Gasteiger partial charge in [-0.15, -0.1) is 11.6 Å². The van der Waals surface area contributed by atoms with Crippen LogP contribution in [0, 0.1) is 0 Å². The van der Waals surface area contributed by atoms with Crippen LogP contribution in [0.5, 0.6) is 5.75 Å². The average Bonchev–Trinajstić information content (AvgIpc) is 2.36. The number of carbonyl (C=O) groups excluding carboxylic acids is 1. The standard InChI is InChI=1S/C15H20ClNO2/c1-2-19-14-9-4-3-8-13(14)15(18)17(11-10-16)12-6-5-7-12/h3-4,8-9,12H,2,5-7,10-11H2,1H3. The SMILES string of the molecule is CCOc1ccccc1C(=O)N(CCCl)C1CCC1. The molecule has 1 aliphatic rings. The number of benzene rings is 1. The molecule has 0 atom stereocenters. The maximum atomic E-state index is 12.7. The molecule has 4 heteroatoms. The Morgan fingerprint density at radius 2 is 2.16 bits per heavy atom. The molecule has 0 N–H and O–H groups in total. The molecule has 0 saturated heterocycles. The van der Waals surface area contributed by atoms with Crippen LogP contribution in [-0.2, 0) is 0 Å². The maximum Gasteiger partial charge on any atom is 0.257 e. The summed E-state index contributed by atoms with van der Waals surface area (Å²) in [5.74, 6) is 1.17. The number of halogens is 1. The molecule has 1 aliphatic carbocycles. The predicted octanol–water partition coefficient (Wildman–Crippen LogP) is 3.32. The van der Waals surface area contributed by atoms with Gasteiger partial charge in [0.05, 0.1) is 12.2 Å². The fourth-order valence-corrected chi connectivity index (χ4v) is 2.50. The molecule has 0 aromatic heterocycles. The van der Waals surface area contributed by atoms with Crippen molar-refractivity contribution in [1.82, 2.24) is 4.90 Å². The summed E-state index contributed by atoms with van der Waals surface area (Å²) in [6, 6.07) is 7.77. The van der Waals surface area contributed by atoms with Crippen molar-refractivity contribution in [2.75, 3.05) is 19.0 Å². The number of nitrogens with zero attached hydrogens (tertiary/aromatic N) is 1. The van der Waals surface area contributed by atoms with E-state index in [9.17, 15) is 4.79 Å². The van der Waals surface area contributed by atoms with Crippen LogP contribution in [0.15, 0.2) is 24.3 Å². The third-order valence-electron chi connectivity index (χ3n) is 3.52. The highest BCUT2D eigenvalue weighted by Gasteiger charge is 2.30. The molecule has 2 rings (SSSR count). The molecule has 1 amide bonds. The summed E-state index contributed by atoms with van der Waals surface area (Å²) in [5, 5.41) is 0. The van der Waals surface area contributed by atoms with E-state index in [0.717, 1.165) is 12.8 Å². The molecule has 0 radical (unpaired) electrons. The van der Waals surface area contributed by atoms with Crippen LogP contribution in [-0.4, -0.2) is 35.9 Å². The minimum Gasteiger partial charge on any atom is -0.493 e. The van der Waals surface area contributed by atoms with Gasteiger partial charge in [-0.3, -0.25) is 4.79 Å². The van der Waals surface area contributed by atoms with Crippen LogP contribution in [0.1, 0.15) is 36.5 Å². The summed E-state index contributed by atoms with van der Waals surface area (Å²) < 4.78 is 5.54. The Hall–Kier alpha value is -1.22. The highest BCUT2D eigenvalue weighted by molar-refractivity contribution is 6.18. The maximum absolute atomic E-state index is 12.7. The largest absolute Gasteiger partial charge is 0.493 e. The van der Waals surface area contributed by atoms with E-state index in [-0.39, 0.29) is 5.91 Å². The van der Waals surface area contributed by atoms with Crippen molar-refractivity contribution in [3.63, 3.8) is 0 Å². The van der Waals surface area contributed by atoms with Gasteiger partial charge in [0, 0.05) is 18.5 Å². The zero-order valence-electron chi connectivity index (χ0n) is 11.3. The second-order valence-electron chi connectivity index (χ2n) is 4.70. The molecule has 3 nitrogen and oxygen atoms in total. The van der Waals surface area contributed by atoms with Gasteiger partial charge in [0.25, 0.3) is 5.91 Å². The number of rotatable bonds is 6. The van der Waals surface area contributed by atoms with Crippen molar-refractivity contribution >= 4 is 17.5 Å². The Balaban J connectivity index is 2.20. The van der Waals surface area contributed by atoms with Crippen molar-refractivity contribution in [2.24, 2.45) is 0 Å². The quantitative estimate of drug-likeness (QED) is 0.749. The summed E-state index contributed by atoms with van der Waals surface area (Å²) in [5.41, 5.74) is 0.640. The van der Waals surface area contributed by atoms with E-state index in [4.69, 9.17) is 16.3 Å². The van der Waals surface area contributed by atoms with Crippen LogP contribution in [0.2, 0.25) is 0 Å². The minimum atomic E-state index is 0.0365. The fourth-order valence-electron chi connectivity index (χ4n) is 2.32. The molecule has 0 bridgehead atoms. The van der Waals surface area contributed by atoms with Crippen molar-refractivity contribution in [1.29, 1.82) is 0 Å². The first-order chi connectivity index (χ1) is 9.27. The lowest BCUT2D eigenvalue weighted by Gasteiger charge is -2.37. The van der Waals surface area contributed by atoms with Gasteiger partial charge in [-0.25, -0.2) is 0 Å². The van der Waals surface area contributed by atoms with Gasteiger partial charge in [-0.2, -0.15) is 0 Å². The number of para-hydroxylation sites is 1. The average molecular weight is 282 g/mol. The van der Waals surface area contributed by atoms with E-state index in [2.05, 4.69) is 0 Å². The number of alkyl halides is 1. The summed E-state index contributed by atoms with van der Waals surface area (Å²) in [6.07, 6.45) is 3.36. The first-order valence-electron chi connectivity index (χ1n) is 6.86. The smallest absolute Gasteiger partial charge is 0.257 e. The van der Waals surface area contributed by atoms with Gasteiger partial charge >= 0.3 is 0 Å². The normalized spacial score (nSPS) is 14.8. The molecule has 1 aromatic rings. The van der Waals surface area contributed by atoms with E-state index in [0.29, 0.717) is 36.4 Å². The van der Waals surface area contributed by atoms with Crippen LogP contribution in [0.25, 0.3) is 0 Å². The van der Waals surface area contributed by atoms with E-state index in [1.165, 1.54) is 6.42 Å². The van der Waals surface area contributed by atoms with E-state index in [1.807, 2.05) is 36.1 Å². The number of hydrogen-bond donors (Lipinski definition) is 0. The summed E-state index contributed by atoms with van der Waals surface area (Å²) in [7, 11) is 0. The third kappa shape index (κ3) is 3.21. The summed E-state index contributed by atoms with van der Waals surface area (Å²) in [6.45, 7) is 3.08. The molecule has 104 valence electrons. The van der Waals surface area contributed by atoms with Crippen LogP contribution in [0.4, 0.5) is 0 Å². The molecular weight excluding hydrogens is 262 g/mol. The Morgan fingerprint density at radius 1 is 1.42 bits per heavy atom. The Morgan fingerprint density at radius 3 is 2.74 bits per heavy atom. The lowest BCUT2D eigenvalue weighted by atomic mass is 9.91. The Kier molecular flexibility index (Phi) is 5.08. The zero-order valence-corrected chi connectivity index (χ0v) is 12.0. The predicted molar refractivity (Wildman–Crippen MR) is 77.0 cm³/mol. The first-order valence-corrected chi connectivity index (χ1v) is 7.40.